The van der Waals surface area contributed by atoms with Gasteiger partial charge >= 0.3 is 0 Å². The van der Waals surface area contributed by atoms with Gasteiger partial charge in [0.1, 0.15) is 0 Å². The summed E-state index contributed by atoms with van der Waals surface area (Å²) < 4.78 is 1.78. The van der Waals surface area contributed by atoms with E-state index in [4.69, 9.17) is 0 Å². The first kappa shape index (κ1) is 13.6. The van der Waals surface area contributed by atoms with Gasteiger partial charge in [0.15, 0.2) is 5.69 Å². The molecule has 2 fully saturated rings. The van der Waals surface area contributed by atoms with Crippen LogP contribution in [0, 0.1) is 12.3 Å². The standard InChI is InChI=1S/C15H24N4O/c1-12-10-13(17-18(12)2)14(20)19-9-3-4-15(11-19)5-7-16-8-6-15/h10,16H,3-9,11H2,1-2H3. The van der Waals surface area contributed by atoms with E-state index < -0.39 is 0 Å². The highest BCUT2D eigenvalue weighted by molar-refractivity contribution is 5.92. The van der Waals surface area contributed by atoms with E-state index in [0.717, 1.165) is 38.3 Å². The second kappa shape index (κ2) is 5.20. The molecule has 0 bridgehead atoms. The lowest BCUT2D eigenvalue weighted by Gasteiger charge is -2.45. The highest BCUT2D eigenvalue weighted by Gasteiger charge is 2.38. The van der Waals surface area contributed by atoms with Gasteiger partial charge in [0.2, 0.25) is 0 Å². The van der Waals surface area contributed by atoms with Crippen molar-refractivity contribution in [3.05, 3.63) is 17.5 Å². The number of carbonyl (C=O) groups excluding carboxylic acids is 1. The van der Waals surface area contributed by atoms with Crippen LogP contribution >= 0.6 is 0 Å². The summed E-state index contributed by atoms with van der Waals surface area (Å²) >= 11 is 0. The third-order valence-electron chi connectivity index (χ3n) is 4.95. The second-order valence-corrected chi connectivity index (χ2v) is 6.37. The Hall–Kier alpha value is -1.36. The zero-order chi connectivity index (χ0) is 14.2. The zero-order valence-electron chi connectivity index (χ0n) is 12.5. The van der Waals surface area contributed by atoms with Gasteiger partial charge < -0.3 is 10.2 Å². The molecule has 1 spiro atoms. The number of amides is 1. The Kier molecular flexibility index (Phi) is 3.54. The van der Waals surface area contributed by atoms with Crippen molar-refractivity contribution in [3.8, 4) is 0 Å². The number of rotatable bonds is 1. The maximum atomic E-state index is 12.6. The first-order chi connectivity index (χ1) is 9.60. The smallest absolute Gasteiger partial charge is 0.274 e. The van der Waals surface area contributed by atoms with Crippen molar-refractivity contribution in [2.75, 3.05) is 26.2 Å². The molecule has 2 saturated heterocycles. The zero-order valence-corrected chi connectivity index (χ0v) is 12.5. The summed E-state index contributed by atoms with van der Waals surface area (Å²) in [6, 6.07) is 1.89. The Balaban J connectivity index is 1.74. The Morgan fingerprint density at radius 2 is 2.10 bits per heavy atom. The molecule has 110 valence electrons. The minimum absolute atomic E-state index is 0.103. The van der Waals surface area contributed by atoms with E-state index in [1.54, 1.807) is 4.68 Å². The fraction of sp³-hybridized carbons (Fsp3) is 0.733. The molecule has 0 aromatic carbocycles. The number of piperidine rings is 2. The lowest BCUT2D eigenvalue weighted by atomic mass is 9.73. The van der Waals surface area contributed by atoms with Crippen LogP contribution < -0.4 is 5.32 Å². The van der Waals surface area contributed by atoms with Crippen molar-refractivity contribution < 1.29 is 4.79 Å². The van der Waals surface area contributed by atoms with Crippen LogP contribution in [0.5, 0.6) is 0 Å². The monoisotopic (exact) mass is 276 g/mol. The molecular formula is C15H24N4O. The van der Waals surface area contributed by atoms with Gasteiger partial charge in [-0.25, -0.2) is 0 Å². The molecule has 5 heteroatoms. The third-order valence-corrected chi connectivity index (χ3v) is 4.95. The molecule has 1 N–H and O–H groups in total. The van der Waals surface area contributed by atoms with Gasteiger partial charge in [-0.05, 0) is 57.2 Å². The van der Waals surface area contributed by atoms with Crippen molar-refractivity contribution in [3.63, 3.8) is 0 Å². The summed E-state index contributed by atoms with van der Waals surface area (Å²) in [6.45, 7) is 5.94. The van der Waals surface area contributed by atoms with Crippen molar-refractivity contribution >= 4 is 5.91 Å². The first-order valence-electron chi connectivity index (χ1n) is 7.60. The maximum absolute atomic E-state index is 12.6. The lowest BCUT2D eigenvalue weighted by molar-refractivity contribution is 0.0406. The summed E-state index contributed by atoms with van der Waals surface area (Å²) in [6.07, 6.45) is 4.77. The van der Waals surface area contributed by atoms with Gasteiger partial charge in [-0.2, -0.15) is 5.10 Å². The average molecular weight is 276 g/mol. The molecule has 0 aliphatic carbocycles. The van der Waals surface area contributed by atoms with Crippen LogP contribution in [0.1, 0.15) is 41.9 Å². The van der Waals surface area contributed by atoms with Crippen LogP contribution in [0.4, 0.5) is 0 Å². The summed E-state index contributed by atoms with van der Waals surface area (Å²) in [5, 5.41) is 7.76. The van der Waals surface area contributed by atoms with E-state index in [1.165, 1.54) is 19.3 Å². The van der Waals surface area contributed by atoms with Crippen LogP contribution in [0.15, 0.2) is 6.07 Å². The molecule has 0 unspecified atom stereocenters. The summed E-state index contributed by atoms with van der Waals surface area (Å²) in [7, 11) is 1.89. The molecule has 0 atom stereocenters. The number of likely N-dealkylation sites (tertiary alicyclic amines) is 1. The number of aryl methyl sites for hydroxylation is 2. The van der Waals surface area contributed by atoms with Gasteiger partial charge in [0, 0.05) is 25.8 Å². The number of nitrogens with one attached hydrogen (secondary N) is 1. The molecule has 5 nitrogen and oxygen atoms in total. The predicted molar refractivity (Wildman–Crippen MR) is 77.6 cm³/mol. The fourth-order valence-corrected chi connectivity index (χ4v) is 3.57. The molecule has 1 amide bonds. The van der Waals surface area contributed by atoms with E-state index >= 15 is 0 Å². The SMILES string of the molecule is Cc1cc(C(=O)N2CCCC3(CCNCC3)C2)nn1C. The molecule has 2 aliphatic rings. The predicted octanol–water partition coefficient (Wildman–Crippen LogP) is 1.33. The molecular weight excluding hydrogens is 252 g/mol. The number of hydrogen-bond acceptors (Lipinski definition) is 3. The van der Waals surface area contributed by atoms with Crippen molar-refractivity contribution in [2.24, 2.45) is 12.5 Å². The summed E-state index contributed by atoms with van der Waals surface area (Å²) in [5.74, 6) is 0.103. The molecule has 1 aromatic rings. The maximum Gasteiger partial charge on any atom is 0.274 e. The minimum Gasteiger partial charge on any atom is -0.337 e. The van der Waals surface area contributed by atoms with Gasteiger partial charge in [0.05, 0.1) is 0 Å². The van der Waals surface area contributed by atoms with Crippen LogP contribution in [0.2, 0.25) is 0 Å². The molecule has 20 heavy (non-hydrogen) atoms. The molecule has 1 aromatic heterocycles. The highest BCUT2D eigenvalue weighted by Crippen LogP contribution is 2.38. The highest BCUT2D eigenvalue weighted by atomic mass is 16.2. The minimum atomic E-state index is 0.103. The van der Waals surface area contributed by atoms with Crippen LogP contribution in [0.25, 0.3) is 0 Å². The average Bonchev–Trinajstić information content (AvgIpc) is 2.79. The number of nitrogens with zero attached hydrogens (tertiary/aromatic N) is 3. The quantitative estimate of drug-likeness (QED) is 0.842. The lowest BCUT2D eigenvalue weighted by Crippen LogP contribution is -2.50. The fourth-order valence-electron chi connectivity index (χ4n) is 3.57. The van der Waals surface area contributed by atoms with Gasteiger partial charge in [-0.15, -0.1) is 0 Å². The van der Waals surface area contributed by atoms with Gasteiger partial charge in [-0.3, -0.25) is 9.48 Å². The Bertz CT molecular complexity index is 477. The van der Waals surface area contributed by atoms with E-state index in [-0.39, 0.29) is 5.91 Å². The Labute approximate surface area is 120 Å². The van der Waals surface area contributed by atoms with Crippen LogP contribution in [-0.4, -0.2) is 46.8 Å². The number of hydrogen-bond donors (Lipinski definition) is 1. The largest absolute Gasteiger partial charge is 0.337 e. The molecule has 3 rings (SSSR count). The third kappa shape index (κ3) is 2.46. The normalized spacial score (nSPS) is 22.2. The van der Waals surface area contributed by atoms with Crippen LogP contribution in [-0.2, 0) is 7.05 Å². The summed E-state index contributed by atoms with van der Waals surface area (Å²) in [4.78, 5) is 14.7. The first-order valence-corrected chi connectivity index (χ1v) is 7.60. The topological polar surface area (TPSA) is 50.2 Å². The van der Waals surface area contributed by atoms with E-state index in [2.05, 4.69) is 10.4 Å². The van der Waals surface area contributed by atoms with E-state index in [1.807, 2.05) is 24.9 Å². The second-order valence-electron chi connectivity index (χ2n) is 6.37. The van der Waals surface area contributed by atoms with E-state index in [0.29, 0.717) is 11.1 Å². The van der Waals surface area contributed by atoms with Crippen molar-refractivity contribution in [1.82, 2.24) is 20.0 Å². The molecule has 3 heterocycles. The van der Waals surface area contributed by atoms with Gasteiger partial charge in [0.25, 0.3) is 5.91 Å². The summed E-state index contributed by atoms with van der Waals surface area (Å²) in [5.41, 5.74) is 1.97. The van der Waals surface area contributed by atoms with Crippen molar-refractivity contribution in [1.29, 1.82) is 0 Å². The number of carbonyl (C=O) groups is 1. The Morgan fingerprint density at radius 3 is 2.75 bits per heavy atom. The number of aromatic nitrogens is 2. The molecule has 0 radical (unpaired) electrons. The Morgan fingerprint density at radius 1 is 1.35 bits per heavy atom. The molecule has 0 saturated carbocycles. The molecule has 2 aliphatic heterocycles. The van der Waals surface area contributed by atoms with Gasteiger partial charge in [-0.1, -0.05) is 0 Å². The van der Waals surface area contributed by atoms with Crippen LogP contribution in [0.3, 0.4) is 0 Å². The van der Waals surface area contributed by atoms with Crippen molar-refractivity contribution in [2.45, 2.75) is 32.6 Å². The van der Waals surface area contributed by atoms with E-state index in [9.17, 15) is 4.79 Å².